The highest BCUT2D eigenvalue weighted by Crippen LogP contribution is 2.25. The number of benzene rings is 1. The summed E-state index contributed by atoms with van der Waals surface area (Å²) in [5, 5.41) is 5.31. The highest BCUT2D eigenvalue weighted by atomic mass is 16.5. The molecule has 0 aromatic heterocycles. The van der Waals surface area contributed by atoms with E-state index < -0.39 is 0 Å². The van der Waals surface area contributed by atoms with Gasteiger partial charge in [-0.25, -0.2) is 4.79 Å². The minimum absolute atomic E-state index is 0.0979. The first kappa shape index (κ1) is 14.2. The van der Waals surface area contributed by atoms with E-state index in [1.54, 1.807) is 6.07 Å². The highest BCUT2D eigenvalue weighted by molar-refractivity contribution is 5.73. The van der Waals surface area contributed by atoms with Gasteiger partial charge < -0.3 is 20.1 Å². The van der Waals surface area contributed by atoms with Gasteiger partial charge in [0.2, 0.25) is 0 Å². The summed E-state index contributed by atoms with van der Waals surface area (Å²) in [6.45, 7) is 6.37. The van der Waals surface area contributed by atoms with Crippen molar-refractivity contribution in [3.63, 3.8) is 0 Å². The molecule has 2 N–H and O–H groups in total. The molecule has 0 unspecified atom stereocenters. The highest BCUT2D eigenvalue weighted by Gasteiger charge is 2.05. The Morgan fingerprint density at radius 1 is 1.22 bits per heavy atom. The molecular weight excluding hydrogens is 232 g/mol. The molecule has 0 fully saturated rings. The van der Waals surface area contributed by atoms with Crippen LogP contribution in [-0.4, -0.2) is 25.4 Å². The van der Waals surface area contributed by atoms with Gasteiger partial charge in [-0.2, -0.15) is 0 Å². The maximum atomic E-state index is 11.3. The summed E-state index contributed by atoms with van der Waals surface area (Å²) in [5.74, 6) is 1.29. The minimum atomic E-state index is -0.251. The molecule has 1 aromatic carbocycles. The average Bonchev–Trinajstić information content (AvgIpc) is 2.30. The van der Waals surface area contributed by atoms with E-state index in [1.807, 2.05) is 39.0 Å². The molecule has 18 heavy (non-hydrogen) atoms. The second-order valence-electron chi connectivity index (χ2n) is 3.97. The summed E-state index contributed by atoms with van der Waals surface area (Å²) in [5.41, 5.74) is 0. The number of rotatable bonds is 6. The Bertz CT molecular complexity index is 380. The summed E-state index contributed by atoms with van der Waals surface area (Å²) in [7, 11) is 0. The third kappa shape index (κ3) is 4.95. The second-order valence-corrected chi connectivity index (χ2v) is 3.97. The van der Waals surface area contributed by atoms with Crippen LogP contribution in [-0.2, 0) is 0 Å². The molecule has 2 amide bonds. The van der Waals surface area contributed by atoms with Crippen LogP contribution in [0.4, 0.5) is 4.79 Å². The quantitative estimate of drug-likeness (QED) is 0.762. The predicted octanol–water partition coefficient (Wildman–Crippen LogP) is 2.13. The molecule has 0 aliphatic carbocycles. The Morgan fingerprint density at radius 3 is 2.39 bits per heavy atom. The van der Waals surface area contributed by atoms with Crippen LogP contribution in [0.1, 0.15) is 20.8 Å². The van der Waals surface area contributed by atoms with Crippen molar-refractivity contribution in [3.05, 3.63) is 24.3 Å². The van der Waals surface area contributed by atoms with E-state index in [0.717, 1.165) is 0 Å². The van der Waals surface area contributed by atoms with Crippen LogP contribution in [0, 0.1) is 0 Å². The van der Waals surface area contributed by atoms with E-state index in [2.05, 4.69) is 10.6 Å². The number of urea groups is 1. The predicted molar refractivity (Wildman–Crippen MR) is 69.9 cm³/mol. The van der Waals surface area contributed by atoms with Gasteiger partial charge in [0.1, 0.15) is 0 Å². The fourth-order valence-electron chi connectivity index (χ4n) is 1.34. The van der Waals surface area contributed by atoms with E-state index >= 15 is 0 Å². The van der Waals surface area contributed by atoms with Crippen LogP contribution >= 0.6 is 0 Å². The molecule has 0 spiro atoms. The molecule has 1 rings (SSSR count). The number of hydrogen-bond acceptors (Lipinski definition) is 3. The fraction of sp³-hybridized carbons (Fsp3) is 0.462. The van der Waals surface area contributed by atoms with Crippen molar-refractivity contribution in [2.24, 2.45) is 0 Å². The molecule has 5 heteroatoms. The Labute approximate surface area is 107 Å². The normalized spacial score (nSPS) is 10.0. The van der Waals surface area contributed by atoms with E-state index in [1.165, 1.54) is 0 Å². The Morgan fingerprint density at radius 2 is 1.83 bits per heavy atom. The molecule has 0 radical (unpaired) electrons. The van der Waals surface area contributed by atoms with E-state index in [-0.39, 0.29) is 18.8 Å². The molecule has 0 atom stereocenters. The van der Waals surface area contributed by atoms with Gasteiger partial charge in [-0.1, -0.05) is 12.1 Å². The number of ether oxygens (including phenoxy) is 2. The fourth-order valence-corrected chi connectivity index (χ4v) is 1.34. The molecule has 0 aliphatic heterocycles. The van der Waals surface area contributed by atoms with Crippen molar-refractivity contribution >= 4 is 6.03 Å². The monoisotopic (exact) mass is 252 g/mol. The van der Waals surface area contributed by atoms with E-state index in [4.69, 9.17) is 9.47 Å². The van der Waals surface area contributed by atoms with Gasteiger partial charge in [0.05, 0.1) is 6.61 Å². The lowest BCUT2D eigenvalue weighted by Crippen LogP contribution is -2.41. The van der Waals surface area contributed by atoms with Crippen molar-refractivity contribution in [2.45, 2.75) is 26.8 Å². The first-order valence-electron chi connectivity index (χ1n) is 6.02. The number of carbonyl (C=O) groups is 1. The second kappa shape index (κ2) is 7.42. The summed E-state index contributed by atoms with van der Waals surface area (Å²) in [6, 6.07) is 7.20. The van der Waals surface area contributed by atoms with Gasteiger partial charge in [-0.05, 0) is 32.9 Å². The zero-order valence-corrected chi connectivity index (χ0v) is 11.0. The third-order valence-electron chi connectivity index (χ3n) is 2.03. The van der Waals surface area contributed by atoms with Gasteiger partial charge in [0, 0.05) is 6.04 Å². The molecule has 0 heterocycles. The maximum absolute atomic E-state index is 11.3. The molecule has 0 aliphatic rings. The number of para-hydroxylation sites is 2. The zero-order valence-electron chi connectivity index (χ0n) is 11.0. The summed E-state index contributed by atoms with van der Waals surface area (Å²) in [4.78, 5) is 11.3. The third-order valence-corrected chi connectivity index (χ3v) is 2.03. The lowest BCUT2D eigenvalue weighted by molar-refractivity contribution is 0.218. The number of carbonyl (C=O) groups excluding carboxylic acids is 1. The van der Waals surface area contributed by atoms with E-state index in [9.17, 15) is 4.79 Å². The van der Waals surface area contributed by atoms with Gasteiger partial charge in [-0.15, -0.1) is 0 Å². The lowest BCUT2D eigenvalue weighted by Gasteiger charge is -2.13. The standard InChI is InChI=1S/C13H20N2O3/c1-4-17-11-7-5-6-8-12(11)18-9-14-13(16)15-10(2)3/h5-8,10H,4,9H2,1-3H3,(H2,14,15,16). The molecular formula is C13H20N2O3. The number of amides is 2. The zero-order chi connectivity index (χ0) is 13.4. The first-order valence-corrected chi connectivity index (χ1v) is 6.02. The lowest BCUT2D eigenvalue weighted by atomic mass is 10.3. The summed E-state index contributed by atoms with van der Waals surface area (Å²) >= 11 is 0. The van der Waals surface area contributed by atoms with Crippen LogP contribution in [0.3, 0.4) is 0 Å². The maximum Gasteiger partial charge on any atom is 0.317 e. The van der Waals surface area contributed by atoms with Crippen LogP contribution in [0.25, 0.3) is 0 Å². The van der Waals surface area contributed by atoms with Crippen molar-refractivity contribution in [3.8, 4) is 11.5 Å². The molecule has 0 bridgehead atoms. The minimum Gasteiger partial charge on any atom is -0.490 e. The molecule has 0 saturated heterocycles. The SMILES string of the molecule is CCOc1ccccc1OCNC(=O)NC(C)C. The smallest absolute Gasteiger partial charge is 0.317 e. The number of nitrogens with one attached hydrogen (secondary N) is 2. The number of hydrogen-bond donors (Lipinski definition) is 2. The van der Waals surface area contributed by atoms with Gasteiger partial charge in [0.15, 0.2) is 18.2 Å². The first-order chi connectivity index (χ1) is 8.63. The van der Waals surface area contributed by atoms with Crippen molar-refractivity contribution < 1.29 is 14.3 Å². The Hall–Kier alpha value is -1.91. The van der Waals surface area contributed by atoms with Crippen LogP contribution in [0.2, 0.25) is 0 Å². The molecule has 5 nitrogen and oxygen atoms in total. The van der Waals surface area contributed by atoms with Crippen LogP contribution in [0.5, 0.6) is 11.5 Å². The van der Waals surface area contributed by atoms with Gasteiger partial charge >= 0.3 is 6.03 Å². The van der Waals surface area contributed by atoms with Crippen LogP contribution in [0.15, 0.2) is 24.3 Å². The Balaban J connectivity index is 2.41. The van der Waals surface area contributed by atoms with Crippen LogP contribution < -0.4 is 20.1 Å². The van der Waals surface area contributed by atoms with Crippen molar-refractivity contribution in [1.82, 2.24) is 10.6 Å². The largest absolute Gasteiger partial charge is 0.490 e. The Kier molecular flexibility index (Phi) is 5.84. The summed E-state index contributed by atoms with van der Waals surface area (Å²) in [6.07, 6.45) is 0. The summed E-state index contributed by atoms with van der Waals surface area (Å²) < 4.78 is 10.9. The van der Waals surface area contributed by atoms with Crippen molar-refractivity contribution in [1.29, 1.82) is 0 Å². The molecule has 1 aromatic rings. The van der Waals surface area contributed by atoms with E-state index in [0.29, 0.717) is 18.1 Å². The van der Waals surface area contributed by atoms with Gasteiger partial charge in [-0.3, -0.25) is 0 Å². The van der Waals surface area contributed by atoms with Gasteiger partial charge in [0.25, 0.3) is 0 Å². The molecule has 100 valence electrons. The average molecular weight is 252 g/mol. The molecule has 0 saturated carbocycles. The topological polar surface area (TPSA) is 59.6 Å². The van der Waals surface area contributed by atoms with Crippen molar-refractivity contribution in [2.75, 3.05) is 13.3 Å².